The first-order valence-corrected chi connectivity index (χ1v) is 12.9. The molecule has 5 rings (SSSR count). The van der Waals surface area contributed by atoms with E-state index in [-0.39, 0.29) is 12.1 Å². The Hall–Kier alpha value is -3.85. The number of carbonyl (C=O) groups is 2. The number of ether oxygens (including phenoxy) is 1. The number of rotatable bonds is 6. The molecule has 198 valence electrons. The number of amides is 1. The minimum atomic E-state index is -1.01. The Labute approximate surface area is 225 Å². The highest BCUT2D eigenvalue weighted by Gasteiger charge is 2.30. The predicted octanol–water partition coefficient (Wildman–Crippen LogP) is 5.30. The van der Waals surface area contributed by atoms with E-state index in [2.05, 4.69) is 28.7 Å². The van der Waals surface area contributed by atoms with Gasteiger partial charge in [0.05, 0.1) is 53.9 Å². The number of benzene rings is 2. The van der Waals surface area contributed by atoms with Crippen molar-refractivity contribution in [2.24, 2.45) is 0 Å². The van der Waals surface area contributed by atoms with Crippen molar-refractivity contribution in [3.05, 3.63) is 70.5 Å². The standard InChI is InChI=1S/C28H30ClN5O4/c1-17(14-33-15-21(29)13-30-33)34-23-10-7-18-11-12-32(27(37)38-4)16-22(18)24(23)31-25(34)19-5-8-20(9-6-19)28(2,3)26(35)36/h5-10,13,15,17H,11-12,14,16H2,1-4H3,(H,35,36)/t17-/m0/s1. The van der Waals surface area contributed by atoms with Crippen molar-refractivity contribution in [2.75, 3.05) is 13.7 Å². The number of aromatic nitrogens is 4. The average molecular weight is 536 g/mol. The zero-order valence-electron chi connectivity index (χ0n) is 21.8. The number of nitrogens with zero attached hydrogens (tertiary/aromatic N) is 5. The van der Waals surface area contributed by atoms with E-state index in [4.69, 9.17) is 21.3 Å². The van der Waals surface area contributed by atoms with Gasteiger partial charge in [-0.15, -0.1) is 0 Å². The molecule has 1 amide bonds. The number of hydrogen-bond acceptors (Lipinski definition) is 5. The highest BCUT2D eigenvalue weighted by Crippen LogP contribution is 2.35. The van der Waals surface area contributed by atoms with Crippen molar-refractivity contribution < 1.29 is 19.4 Å². The van der Waals surface area contributed by atoms with Gasteiger partial charge in [-0.1, -0.05) is 41.9 Å². The Morgan fingerprint density at radius 2 is 1.92 bits per heavy atom. The molecule has 0 radical (unpaired) electrons. The Morgan fingerprint density at radius 1 is 1.18 bits per heavy atom. The summed E-state index contributed by atoms with van der Waals surface area (Å²) in [6.45, 7) is 7.07. The molecule has 1 aliphatic rings. The molecule has 2 aromatic carbocycles. The van der Waals surface area contributed by atoms with Gasteiger partial charge < -0.3 is 19.3 Å². The number of hydrogen-bond donors (Lipinski definition) is 1. The number of carboxylic acids is 1. The quantitative estimate of drug-likeness (QED) is 0.359. The van der Waals surface area contributed by atoms with Crippen molar-refractivity contribution in [3.8, 4) is 11.4 Å². The normalized spacial score (nSPS) is 14.4. The van der Waals surface area contributed by atoms with Gasteiger partial charge in [0.1, 0.15) is 5.82 Å². The molecule has 0 bridgehead atoms. The Morgan fingerprint density at radius 3 is 2.55 bits per heavy atom. The number of carboxylic acid groups (broad SMARTS) is 1. The maximum Gasteiger partial charge on any atom is 0.409 e. The van der Waals surface area contributed by atoms with E-state index in [1.165, 1.54) is 12.7 Å². The predicted molar refractivity (Wildman–Crippen MR) is 144 cm³/mol. The molecular formula is C28H30ClN5O4. The van der Waals surface area contributed by atoms with Crippen LogP contribution in [0.4, 0.5) is 4.79 Å². The highest BCUT2D eigenvalue weighted by atomic mass is 35.5. The topological polar surface area (TPSA) is 102 Å². The number of fused-ring (bicyclic) bond motifs is 3. The fraction of sp³-hybridized carbons (Fsp3) is 0.357. The van der Waals surface area contributed by atoms with E-state index in [0.717, 1.165) is 34.4 Å². The van der Waals surface area contributed by atoms with Gasteiger partial charge in [0.2, 0.25) is 0 Å². The summed E-state index contributed by atoms with van der Waals surface area (Å²) in [5.41, 5.74) is 4.53. The van der Waals surface area contributed by atoms with Crippen molar-refractivity contribution >= 4 is 34.7 Å². The molecular weight excluding hydrogens is 506 g/mol. The van der Waals surface area contributed by atoms with Crippen LogP contribution in [0.5, 0.6) is 0 Å². The van der Waals surface area contributed by atoms with Crippen LogP contribution in [0, 0.1) is 0 Å². The number of aliphatic carboxylic acids is 1. The molecule has 0 aliphatic carbocycles. The summed E-state index contributed by atoms with van der Waals surface area (Å²) in [5.74, 6) is -0.125. The molecule has 4 aromatic rings. The van der Waals surface area contributed by atoms with E-state index in [1.807, 2.05) is 24.3 Å². The molecule has 1 atom stereocenters. The zero-order chi connectivity index (χ0) is 27.2. The molecule has 0 saturated carbocycles. The number of carbonyl (C=O) groups excluding carboxylic acids is 1. The lowest BCUT2D eigenvalue weighted by molar-refractivity contribution is -0.142. The van der Waals surface area contributed by atoms with Crippen LogP contribution >= 0.6 is 11.6 Å². The minimum absolute atomic E-state index is 0.0422. The molecule has 0 saturated heterocycles. The zero-order valence-corrected chi connectivity index (χ0v) is 22.6. The smallest absolute Gasteiger partial charge is 0.409 e. The first-order chi connectivity index (χ1) is 18.1. The monoisotopic (exact) mass is 535 g/mol. The molecule has 1 N–H and O–H groups in total. The summed E-state index contributed by atoms with van der Waals surface area (Å²) >= 11 is 6.11. The number of halogens is 1. The third-order valence-corrected chi connectivity index (χ3v) is 7.59. The van der Waals surface area contributed by atoms with Crippen LogP contribution in [0.2, 0.25) is 5.02 Å². The third kappa shape index (κ3) is 4.51. The van der Waals surface area contributed by atoms with E-state index < -0.39 is 11.4 Å². The van der Waals surface area contributed by atoms with E-state index >= 15 is 0 Å². The van der Waals surface area contributed by atoms with Gasteiger partial charge in [-0.25, -0.2) is 9.78 Å². The van der Waals surface area contributed by atoms with E-state index in [0.29, 0.717) is 30.2 Å². The van der Waals surface area contributed by atoms with Crippen LogP contribution in [0.1, 0.15) is 43.5 Å². The molecule has 0 unspecified atom stereocenters. The summed E-state index contributed by atoms with van der Waals surface area (Å²) in [6, 6.07) is 11.7. The first kappa shape index (κ1) is 25.8. The van der Waals surface area contributed by atoms with Crippen LogP contribution in [0.3, 0.4) is 0 Å². The van der Waals surface area contributed by atoms with E-state index in [9.17, 15) is 14.7 Å². The molecule has 0 fully saturated rings. The Balaban J connectivity index is 1.64. The maximum atomic E-state index is 12.3. The van der Waals surface area contributed by atoms with Gasteiger partial charge in [-0.2, -0.15) is 5.10 Å². The first-order valence-electron chi connectivity index (χ1n) is 12.5. The fourth-order valence-corrected chi connectivity index (χ4v) is 5.24. The highest BCUT2D eigenvalue weighted by molar-refractivity contribution is 6.30. The molecule has 2 aromatic heterocycles. The molecule has 10 heteroatoms. The Bertz CT molecular complexity index is 1520. The number of imidazole rings is 1. The van der Waals surface area contributed by atoms with E-state index in [1.54, 1.807) is 35.8 Å². The van der Waals surface area contributed by atoms with Crippen molar-refractivity contribution in [1.29, 1.82) is 0 Å². The van der Waals surface area contributed by atoms with Gasteiger partial charge in [0, 0.05) is 23.9 Å². The maximum absolute atomic E-state index is 12.3. The summed E-state index contributed by atoms with van der Waals surface area (Å²) < 4.78 is 8.96. The second-order valence-corrected chi connectivity index (χ2v) is 10.7. The summed E-state index contributed by atoms with van der Waals surface area (Å²) in [6.07, 6.45) is 3.77. The van der Waals surface area contributed by atoms with Gasteiger partial charge in [-0.3, -0.25) is 9.48 Å². The van der Waals surface area contributed by atoms with Crippen LogP contribution in [-0.4, -0.2) is 55.1 Å². The second-order valence-electron chi connectivity index (χ2n) is 10.3. The SMILES string of the molecule is COC(=O)N1CCc2ccc3c(nc(-c4ccc(C(C)(C)C(=O)O)cc4)n3[C@@H](C)Cn3cc(Cl)cn3)c2C1. The van der Waals surface area contributed by atoms with Crippen molar-refractivity contribution in [3.63, 3.8) is 0 Å². The Kier molecular flexibility index (Phi) is 6.65. The summed E-state index contributed by atoms with van der Waals surface area (Å²) in [4.78, 5) is 30.9. The van der Waals surface area contributed by atoms with Crippen molar-refractivity contribution in [1.82, 2.24) is 24.2 Å². The molecule has 3 heterocycles. The van der Waals surface area contributed by atoms with Gasteiger partial charge in [0.15, 0.2) is 0 Å². The lowest BCUT2D eigenvalue weighted by Gasteiger charge is -2.28. The fourth-order valence-electron chi connectivity index (χ4n) is 5.08. The minimum Gasteiger partial charge on any atom is -0.481 e. The van der Waals surface area contributed by atoms with Crippen LogP contribution in [0.25, 0.3) is 22.4 Å². The number of methoxy groups -OCH3 is 1. The van der Waals surface area contributed by atoms with Gasteiger partial charge >= 0.3 is 12.1 Å². The average Bonchev–Trinajstić information content (AvgIpc) is 3.51. The molecule has 38 heavy (non-hydrogen) atoms. The van der Waals surface area contributed by atoms with Crippen LogP contribution in [-0.2, 0) is 34.5 Å². The molecule has 0 spiro atoms. The molecule has 9 nitrogen and oxygen atoms in total. The van der Waals surface area contributed by atoms with Gasteiger partial charge in [-0.05, 0) is 44.4 Å². The van der Waals surface area contributed by atoms with Crippen LogP contribution < -0.4 is 0 Å². The third-order valence-electron chi connectivity index (χ3n) is 7.39. The lowest BCUT2D eigenvalue weighted by Crippen LogP contribution is -2.35. The molecule has 1 aliphatic heterocycles. The van der Waals surface area contributed by atoms with Crippen molar-refractivity contribution in [2.45, 2.75) is 51.7 Å². The lowest BCUT2D eigenvalue weighted by atomic mass is 9.84. The second kappa shape index (κ2) is 9.79. The largest absolute Gasteiger partial charge is 0.481 e. The summed E-state index contributed by atoms with van der Waals surface area (Å²) in [7, 11) is 1.39. The van der Waals surface area contributed by atoms with Crippen LogP contribution in [0.15, 0.2) is 48.8 Å². The van der Waals surface area contributed by atoms with Gasteiger partial charge in [0.25, 0.3) is 0 Å². The summed E-state index contributed by atoms with van der Waals surface area (Å²) in [5, 5.41) is 14.6.